The number of halogens is 1. The summed E-state index contributed by atoms with van der Waals surface area (Å²) in [5.41, 5.74) is 0.451. The molecule has 0 aromatic heterocycles. The fourth-order valence-electron chi connectivity index (χ4n) is 6.25. The van der Waals surface area contributed by atoms with E-state index in [1.807, 2.05) is 18.5 Å². The number of hydrogen-bond donors (Lipinski definition) is 0. The molecule has 202 valence electrons. The van der Waals surface area contributed by atoms with Gasteiger partial charge in [-0.25, -0.2) is 9.79 Å². The predicted octanol–water partition coefficient (Wildman–Crippen LogP) is 7.18. The minimum Gasteiger partial charge on any atom is -0.438 e. The molecular weight excluding hydrogens is 474 g/mol. The Morgan fingerprint density at radius 2 is 1.86 bits per heavy atom. The summed E-state index contributed by atoms with van der Waals surface area (Å²) in [6.45, 7) is 7.42. The molecule has 0 bridgehead atoms. The van der Waals surface area contributed by atoms with Gasteiger partial charge in [0, 0.05) is 23.5 Å². The van der Waals surface area contributed by atoms with Crippen LogP contribution in [-0.4, -0.2) is 61.8 Å². The lowest BCUT2D eigenvalue weighted by Crippen LogP contribution is -2.53. The number of rotatable bonds is 11. The molecule has 4 unspecified atom stereocenters. The van der Waals surface area contributed by atoms with Gasteiger partial charge in [0.15, 0.2) is 0 Å². The highest BCUT2D eigenvalue weighted by atomic mass is 35.5. The molecule has 0 saturated heterocycles. The van der Waals surface area contributed by atoms with Crippen LogP contribution in [0.25, 0.3) is 0 Å². The van der Waals surface area contributed by atoms with Crippen molar-refractivity contribution >= 4 is 24.1 Å². The molecule has 1 aromatic rings. The summed E-state index contributed by atoms with van der Waals surface area (Å²) < 4.78 is 10.9. The van der Waals surface area contributed by atoms with Crippen molar-refractivity contribution in [3.05, 3.63) is 34.9 Å². The van der Waals surface area contributed by atoms with E-state index >= 15 is 0 Å². The maximum absolute atomic E-state index is 12.3. The molecule has 1 heterocycles. The Balaban J connectivity index is 1.75. The van der Waals surface area contributed by atoms with Crippen LogP contribution in [0, 0.1) is 17.8 Å². The summed E-state index contributed by atoms with van der Waals surface area (Å²) in [5.74, 6) is 1.29. The van der Waals surface area contributed by atoms with Crippen LogP contribution in [0.3, 0.4) is 0 Å². The fourth-order valence-corrected chi connectivity index (χ4v) is 6.38. The number of carbonyl (C=O) groups excluding carboxylic acids is 1. The first kappa shape index (κ1) is 28.8. The highest BCUT2D eigenvalue weighted by Crippen LogP contribution is 2.45. The van der Waals surface area contributed by atoms with E-state index in [4.69, 9.17) is 26.1 Å². The van der Waals surface area contributed by atoms with Gasteiger partial charge < -0.3 is 19.3 Å². The maximum Gasteiger partial charge on any atom is 0.510 e. The molecule has 2 aliphatic rings. The van der Waals surface area contributed by atoms with Crippen LogP contribution < -0.4 is 0 Å². The average Bonchev–Trinajstić information content (AvgIpc) is 3.21. The standard InChI is InChI=1S/C29H46ClN3O3/c1-7-9-18-33-20-31-29(21(3)8-2,36-28(34)35-6)26(33)19-22-10-12-23(13-11-22)27(32(4)5)24-14-16-25(30)17-15-24/h14-17,20-23,26-27H,7-13,18-19H2,1-6H3. The van der Waals surface area contributed by atoms with E-state index in [-0.39, 0.29) is 12.0 Å². The van der Waals surface area contributed by atoms with Gasteiger partial charge in [0.1, 0.15) is 0 Å². The summed E-state index contributed by atoms with van der Waals surface area (Å²) in [7, 11) is 5.73. The SMILES string of the molecule is CCCCN1C=NC(OC(=O)OC)(C(C)CC)C1CC1CCC(C(c2ccc(Cl)cc2)N(C)C)CC1. The molecule has 0 amide bonds. The molecule has 1 aliphatic heterocycles. The van der Waals surface area contributed by atoms with E-state index in [0.29, 0.717) is 17.9 Å². The number of carbonyl (C=O) groups is 1. The van der Waals surface area contributed by atoms with Gasteiger partial charge in [-0.1, -0.05) is 63.8 Å². The first-order valence-corrected chi connectivity index (χ1v) is 14.1. The quantitative estimate of drug-likeness (QED) is 0.290. The van der Waals surface area contributed by atoms with E-state index in [1.165, 1.54) is 38.4 Å². The number of ether oxygens (including phenoxy) is 2. The molecule has 0 spiro atoms. The lowest BCUT2D eigenvalue weighted by Gasteiger charge is -2.43. The molecule has 1 saturated carbocycles. The fraction of sp³-hybridized carbons (Fsp3) is 0.724. The topological polar surface area (TPSA) is 54.4 Å². The van der Waals surface area contributed by atoms with Gasteiger partial charge in [-0.05, 0) is 75.7 Å². The van der Waals surface area contributed by atoms with Crippen molar-refractivity contribution in [2.24, 2.45) is 22.7 Å². The van der Waals surface area contributed by atoms with E-state index in [0.717, 1.165) is 37.3 Å². The number of hydrogen-bond acceptors (Lipinski definition) is 6. The van der Waals surface area contributed by atoms with Gasteiger partial charge >= 0.3 is 6.16 Å². The number of benzene rings is 1. The lowest BCUT2D eigenvalue weighted by molar-refractivity contribution is -0.0885. The first-order valence-electron chi connectivity index (χ1n) is 13.8. The van der Waals surface area contributed by atoms with Crippen LogP contribution in [0.4, 0.5) is 4.79 Å². The molecular formula is C29H46ClN3O3. The van der Waals surface area contributed by atoms with Crippen molar-refractivity contribution in [2.45, 2.75) is 89.9 Å². The van der Waals surface area contributed by atoms with Crippen LogP contribution in [0.2, 0.25) is 5.02 Å². The van der Waals surface area contributed by atoms with Gasteiger partial charge in [-0.2, -0.15) is 0 Å². The smallest absolute Gasteiger partial charge is 0.438 e. The summed E-state index contributed by atoms with van der Waals surface area (Å²) in [4.78, 5) is 21.9. The van der Waals surface area contributed by atoms with E-state index < -0.39 is 11.9 Å². The number of methoxy groups -OCH3 is 1. The molecule has 1 aliphatic carbocycles. The second-order valence-electron chi connectivity index (χ2n) is 10.9. The molecule has 36 heavy (non-hydrogen) atoms. The number of unbranched alkanes of at least 4 members (excludes halogenated alkanes) is 1. The van der Waals surface area contributed by atoms with Crippen molar-refractivity contribution in [1.82, 2.24) is 9.80 Å². The molecule has 7 heteroatoms. The Morgan fingerprint density at radius 3 is 2.42 bits per heavy atom. The third kappa shape index (κ3) is 6.55. The molecule has 4 atom stereocenters. The van der Waals surface area contributed by atoms with Crippen molar-refractivity contribution in [3.8, 4) is 0 Å². The van der Waals surface area contributed by atoms with Gasteiger partial charge in [0.2, 0.25) is 5.72 Å². The molecule has 1 fully saturated rings. The highest BCUT2D eigenvalue weighted by Gasteiger charge is 2.53. The third-order valence-corrected chi connectivity index (χ3v) is 8.70. The summed E-state index contributed by atoms with van der Waals surface area (Å²) in [6, 6.07) is 8.78. The zero-order valence-corrected chi connectivity index (χ0v) is 23.8. The van der Waals surface area contributed by atoms with Gasteiger partial charge in [0.05, 0.1) is 19.5 Å². The Kier molecular flexibility index (Phi) is 10.5. The van der Waals surface area contributed by atoms with Crippen molar-refractivity contribution in [1.29, 1.82) is 0 Å². The van der Waals surface area contributed by atoms with Crippen LogP contribution in [0.5, 0.6) is 0 Å². The number of aliphatic imine (C=N–C) groups is 1. The maximum atomic E-state index is 12.3. The van der Waals surface area contributed by atoms with Crippen molar-refractivity contribution in [3.63, 3.8) is 0 Å². The monoisotopic (exact) mass is 519 g/mol. The first-order chi connectivity index (χ1) is 17.2. The van der Waals surface area contributed by atoms with Gasteiger partial charge in [-0.15, -0.1) is 0 Å². The molecule has 1 aromatic carbocycles. The Labute approximate surface area is 223 Å². The summed E-state index contributed by atoms with van der Waals surface area (Å²) in [5, 5.41) is 0.783. The van der Waals surface area contributed by atoms with Crippen molar-refractivity contribution in [2.75, 3.05) is 27.7 Å². The third-order valence-electron chi connectivity index (χ3n) is 8.45. The predicted molar refractivity (Wildman–Crippen MR) is 148 cm³/mol. The molecule has 0 radical (unpaired) electrons. The van der Waals surface area contributed by atoms with Crippen LogP contribution in [-0.2, 0) is 9.47 Å². The Bertz CT molecular complexity index is 854. The average molecular weight is 520 g/mol. The second kappa shape index (κ2) is 13.1. The van der Waals surface area contributed by atoms with E-state index in [9.17, 15) is 4.79 Å². The Morgan fingerprint density at radius 1 is 1.19 bits per heavy atom. The zero-order chi connectivity index (χ0) is 26.3. The van der Waals surface area contributed by atoms with Gasteiger partial charge in [0.25, 0.3) is 0 Å². The van der Waals surface area contributed by atoms with Crippen LogP contribution in [0.15, 0.2) is 29.3 Å². The minimum atomic E-state index is -0.887. The minimum absolute atomic E-state index is 0.0422. The second-order valence-corrected chi connectivity index (χ2v) is 11.4. The normalized spacial score (nSPS) is 27.8. The van der Waals surface area contributed by atoms with E-state index in [2.05, 4.69) is 56.8 Å². The Hall–Kier alpha value is -1.79. The largest absolute Gasteiger partial charge is 0.510 e. The molecule has 0 N–H and O–H groups in total. The molecule has 3 rings (SSSR count). The summed E-state index contributed by atoms with van der Waals surface area (Å²) in [6.07, 6.45) is 10.1. The van der Waals surface area contributed by atoms with Crippen LogP contribution >= 0.6 is 11.6 Å². The summed E-state index contributed by atoms with van der Waals surface area (Å²) >= 11 is 6.15. The van der Waals surface area contributed by atoms with Crippen LogP contribution in [0.1, 0.15) is 83.7 Å². The lowest BCUT2D eigenvalue weighted by atomic mass is 9.73. The van der Waals surface area contributed by atoms with E-state index in [1.54, 1.807) is 0 Å². The van der Waals surface area contributed by atoms with Gasteiger partial charge in [-0.3, -0.25) is 0 Å². The zero-order valence-electron chi connectivity index (χ0n) is 23.1. The van der Waals surface area contributed by atoms with Crippen molar-refractivity contribution < 1.29 is 14.3 Å². The molecule has 6 nitrogen and oxygen atoms in total. The number of nitrogens with zero attached hydrogens (tertiary/aromatic N) is 3. The highest BCUT2D eigenvalue weighted by molar-refractivity contribution is 6.30.